The summed E-state index contributed by atoms with van der Waals surface area (Å²) in [4.78, 5) is 23.9. The second-order valence-electron chi connectivity index (χ2n) is 9.58. The summed E-state index contributed by atoms with van der Waals surface area (Å²) >= 11 is 6.47. The highest BCUT2D eigenvalue weighted by Gasteiger charge is 2.20. The third kappa shape index (κ3) is 4.45. The topological polar surface area (TPSA) is 78.2 Å². The van der Waals surface area contributed by atoms with E-state index in [1.54, 1.807) is 31.2 Å². The molecule has 0 saturated carbocycles. The van der Waals surface area contributed by atoms with Gasteiger partial charge in [0.2, 0.25) is 5.95 Å². The molecule has 0 radical (unpaired) electrons. The number of aromatic nitrogens is 2. The minimum atomic E-state index is -0.624. The van der Waals surface area contributed by atoms with Gasteiger partial charge in [-0.05, 0) is 62.2 Å². The van der Waals surface area contributed by atoms with Crippen molar-refractivity contribution >= 4 is 33.9 Å². The minimum absolute atomic E-state index is 0.0768. The van der Waals surface area contributed by atoms with E-state index in [2.05, 4.69) is 33.6 Å². The lowest BCUT2D eigenvalue weighted by molar-refractivity contribution is 0.209. The third-order valence-electron chi connectivity index (χ3n) is 7.04. The number of hydrogen-bond donors (Lipinski definition) is 2. The van der Waals surface area contributed by atoms with E-state index in [1.165, 1.54) is 0 Å². The van der Waals surface area contributed by atoms with E-state index in [-0.39, 0.29) is 11.4 Å². The number of rotatable bonds is 4. The molecule has 2 aromatic carbocycles. The number of aromatic amines is 1. The molecule has 0 amide bonds. The molecule has 0 unspecified atom stereocenters. The zero-order chi connectivity index (χ0) is 25.6. The Morgan fingerprint density at radius 2 is 1.64 bits per heavy atom. The maximum Gasteiger partial charge on any atom is 0.256 e. The van der Waals surface area contributed by atoms with Crippen molar-refractivity contribution < 1.29 is 4.39 Å². The summed E-state index contributed by atoms with van der Waals surface area (Å²) in [5.41, 5.74) is 10.0. The summed E-state index contributed by atoms with van der Waals surface area (Å²) in [7, 11) is 0. The molecule has 1 aliphatic rings. The van der Waals surface area contributed by atoms with E-state index < -0.39 is 5.95 Å². The van der Waals surface area contributed by atoms with Gasteiger partial charge in [0.05, 0.1) is 5.02 Å². The molecule has 6 nitrogen and oxygen atoms in total. The Labute approximate surface area is 214 Å². The Balaban J connectivity index is 1.48. The van der Waals surface area contributed by atoms with Crippen LogP contribution in [0.3, 0.4) is 0 Å². The van der Waals surface area contributed by atoms with Crippen LogP contribution in [-0.2, 0) is 0 Å². The van der Waals surface area contributed by atoms with Gasteiger partial charge in [0.25, 0.3) is 5.56 Å². The first-order chi connectivity index (χ1) is 17.2. The largest absolute Gasteiger partial charge is 0.383 e. The zero-order valence-corrected chi connectivity index (χ0v) is 21.4. The molecule has 36 heavy (non-hydrogen) atoms. The van der Waals surface area contributed by atoms with Crippen LogP contribution >= 0.6 is 11.6 Å². The van der Waals surface area contributed by atoms with Crippen LogP contribution in [0.15, 0.2) is 53.3 Å². The Bertz CT molecular complexity index is 1490. The average Bonchev–Trinajstić information content (AvgIpc) is 2.87. The van der Waals surface area contributed by atoms with E-state index in [1.807, 2.05) is 24.3 Å². The molecule has 0 bridgehead atoms. The molecular weight excluding hydrogens is 477 g/mol. The molecule has 0 spiro atoms. The van der Waals surface area contributed by atoms with Crippen molar-refractivity contribution in [3.63, 3.8) is 0 Å². The fourth-order valence-electron chi connectivity index (χ4n) is 4.87. The highest BCUT2D eigenvalue weighted by atomic mass is 35.5. The van der Waals surface area contributed by atoms with Gasteiger partial charge in [0, 0.05) is 65.5 Å². The number of aryl methyl sites for hydroxylation is 1. The number of halogens is 2. The number of anilines is 2. The van der Waals surface area contributed by atoms with Crippen molar-refractivity contribution in [1.29, 1.82) is 0 Å². The highest BCUT2D eigenvalue weighted by Crippen LogP contribution is 2.35. The van der Waals surface area contributed by atoms with Crippen LogP contribution in [0.5, 0.6) is 0 Å². The van der Waals surface area contributed by atoms with Gasteiger partial charge in [-0.15, -0.1) is 0 Å². The molecule has 0 atom stereocenters. The smallest absolute Gasteiger partial charge is 0.256 e. The number of benzene rings is 2. The molecular formula is C28H29ClFN5O. The second-order valence-corrected chi connectivity index (χ2v) is 9.95. The van der Waals surface area contributed by atoms with E-state index in [0.717, 1.165) is 37.4 Å². The number of hydrogen-bond acceptors (Lipinski definition) is 5. The summed E-state index contributed by atoms with van der Waals surface area (Å²) in [5.74, 6) is -0.548. The summed E-state index contributed by atoms with van der Waals surface area (Å²) in [6.45, 7) is 10.2. The number of H-pyrrole nitrogens is 1. The Kier molecular flexibility index (Phi) is 6.45. The van der Waals surface area contributed by atoms with Crippen molar-refractivity contribution in [3.05, 3.63) is 75.5 Å². The number of pyridine rings is 2. The number of fused-ring (bicyclic) bond motifs is 1. The minimum Gasteiger partial charge on any atom is -0.383 e. The standard InChI is InChI=1S/C28H29ClFN5O/c1-16(2)34-10-12-35(13-11-34)20-7-4-18(5-8-20)22-15-23(27(31)33-26(22)30)19-6-9-21-24(14-19)25(29)17(3)32-28(21)36/h4-9,14-16H,10-13H2,1-3H3,(H2,31,33)(H,32,36). The molecule has 186 valence electrons. The van der Waals surface area contributed by atoms with Crippen LogP contribution in [0.4, 0.5) is 15.9 Å². The van der Waals surface area contributed by atoms with E-state index in [9.17, 15) is 9.18 Å². The number of nitrogens with one attached hydrogen (secondary N) is 1. The predicted molar refractivity (Wildman–Crippen MR) is 146 cm³/mol. The summed E-state index contributed by atoms with van der Waals surface area (Å²) in [5, 5.41) is 1.56. The number of nitrogens with two attached hydrogens (primary N) is 1. The Morgan fingerprint density at radius 1 is 0.972 bits per heavy atom. The van der Waals surface area contributed by atoms with Gasteiger partial charge >= 0.3 is 0 Å². The molecule has 4 aromatic rings. The molecule has 0 aliphatic carbocycles. The summed E-state index contributed by atoms with van der Waals surface area (Å²) < 4.78 is 15.0. The maximum absolute atomic E-state index is 15.0. The van der Waals surface area contributed by atoms with Crippen LogP contribution in [0.2, 0.25) is 5.02 Å². The molecule has 1 saturated heterocycles. The first-order valence-corrected chi connectivity index (χ1v) is 12.5. The molecule has 1 aliphatic heterocycles. The van der Waals surface area contributed by atoms with Crippen molar-refractivity contribution in [1.82, 2.24) is 14.9 Å². The summed E-state index contributed by atoms with van der Waals surface area (Å²) in [6, 6.07) is 15.4. The summed E-state index contributed by atoms with van der Waals surface area (Å²) in [6.07, 6.45) is 0. The maximum atomic E-state index is 15.0. The van der Waals surface area contributed by atoms with Crippen LogP contribution in [0.1, 0.15) is 19.5 Å². The first-order valence-electron chi connectivity index (χ1n) is 12.1. The van der Waals surface area contributed by atoms with Crippen molar-refractivity contribution in [3.8, 4) is 22.3 Å². The van der Waals surface area contributed by atoms with E-state index >= 15 is 0 Å². The molecule has 3 N–H and O–H groups in total. The fourth-order valence-corrected chi connectivity index (χ4v) is 5.08. The van der Waals surface area contributed by atoms with Crippen molar-refractivity contribution in [2.24, 2.45) is 0 Å². The lowest BCUT2D eigenvalue weighted by Crippen LogP contribution is -2.48. The molecule has 3 heterocycles. The van der Waals surface area contributed by atoms with Crippen LogP contribution in [-0.4, -0.2) is 47.1 Å². The number of nitrogens with zero attached hydrogens (tertiary/aromatic N) is 3. The van der Waals surface area contributed by atoms with E-state index in [4.69, 9.17) is 17.3 Å². The van der Waals surface area contributed by atoms with Gasteiger partial charge in [0.1, 0.15) is 5.82 Å². The van der Waals surface area contributed by atoms with Crippen molar-refractivity contribution in [2.75, 3.05) is 36.8 Å². The molecule has 8 heteroatoms. The Morgan fingerprint density at radius 3 is 2.31 bits per heavy atom. The van der Waals surface area contributed by atoms with Crippen LogP contribution < -0.4 is 16.2 Å². The first kappa shape index (κ1) is 24.3. The van der Waals surface area contributed by atoms with Crippen molar-refractivity contribution in [2.45, 2.75) is 26.8 Å². The predicted octanol–water partition coefficient (Wildman–Crippen LogP) is 5.47. The highest BCUT2D eigenvalue weighted by molar-refractivity contribution is 6.36. The average molecular weight is 506 g/mol. The van der Waals surface area contributed by atoms with E-state index in [0.29, 0.717) is 44.2 Å². The lowest BCUT2D eigenvalue weighted by Gasteiger charge is -2.38. The van der Waals surface area contributed by atoms with Crippen LogP contribution in [0.25, 0.3) is 33.0 Å². The van der Waals surface area contributed by atoms with Gasteiger partial charge < -0.3 is 15.6 Å². The molecule has 5 rings (SSSR count). The normalized spacial score (nSPS) is 14.7. The van der Waals surface area contributed by atoms with Gasteiger partial charge in [-0.3, -0.25) is 9.69 Å². The SMILES string of the molecule is Cc1[nH]c(=O)c2ccc(-c3cc(-c4ccc(N5CCN(C(C)C)CC5)cc4)c(F)nc3N)cc2c1Cl. The molecule has 2 aromatic heterocycles. The third-order valence-corrected chi connectivity index (χ3v) is 7.52. The van der Waals surface area contributed by atoms with Gasteiger partial charge in [0.15, 0.2) is 0 Å². The molecule has 1 fully saturated rings. The lowest BCUT2D eigenvalue weighted by atomic mass is 9.98. The van der Waals surface area contributed by atoms with Gasteiger partial charge in [-0.25, -0.2) is 4.98 Å². The Hall–Kier alpha value is -3.42. The monoisotopic (exact) mass is 505 g/mol. The van der Waals surface area contributed by atoms with Gasteiger partial charge in [-0.2, -0.15) is 4.39 Å². The zero-order valence-electron chi connectivity index (χ0n) is 20.6. The fraction of sp³-hybridized carbons (Fsp3) is 0.286. The van der Waals surface area contributed by atoms with Crippen LogP contribution in [0, 0.1) is 12.9 Å². The van der Waals surface area contributed by atoms with Gasteiger partial charge in [-0.1, -0.05) is 29.8 Å². The number of piperazine rings is 1. The second kappa shape index (κ2) is 9.56. The number of nitrogen functional groups attached to an aromatic ring is 1. The quantitative estimate of drug-likeness (QED) is 0.359.